The fraction of sp³-hybridized carbons (Fsp3) is 0.538. The van der Waals surface area contributed by atoms with Gasteiger partial charge in [-0.3, -0.25) is 10.1 Å². The molecule has 1 fully saturated rings. The molecule has 0 amide bonds. The van der Waals surface area contributed by atoms with Crippen molar-refractivity contribution in [3.63, 3.8) is 0 Å². The zero-order chi connectivity index (χ0) is 12.1. The summed E-state index contributed by atoms with van der Waals surface area (Å²) >= 11 is 0. The van der Waals surface area contributed by atoms with Gasteiger partial charge in [0.05, 0.1) is 17.6 Å². The first-order valence-electron chi connectivity index (χ1n) is 6.13. The molecule has 0 unspecified atom stereocenters. The van der Waals surface area contributed by atoms with E-state index in [1.807, 2.05) is 0 Å². The Kier molecular flexibility index (Phi) is 3.96. The van der Waals surface area contributed by atoms with Crippen LogP contribution >= 0.6 is 0 Å². The van der Waals surface area contributed by atoms with E-state index in [0.29, 0.717) is 18.3 Å². The number of rotatable bonds is 4. The second-order valence-electron chi connectivity index (χ2n) is 4.57. The number of hydrogen-bond acceptors (Lipinski definition) is 3. The normalized spacial score (nSPS) is 16.7. The summed E-state index contributed by atoms with van der Waals surface area (Å²) < 4.78 is 5.63. The maximum atomic E-state index is 10.6. The summed E-state index contributed by atoms with van der Waals surface area (Å²) in [6.45, 7) is 0.682. The first-order chi connectivity index (χ1) is 8.25. The van der Waals surface area contributed by atoms with E-state index in [4.69, 9.17) is 4.74 Å². The fourth-order valence-corrected chi connectivity index (χ4v) is 2.25. The summed E-state index contributed by atoms with van der Waals surface area (Å²) in [4.78, 5) is 10.2. The SMILES string of the molecule is O=[N+]([O-])c1cccc(OCC2CCCCC2)c1. The molecular formula is C13H17NO3. The van der Waals surface area contributed by atoms with E-state index in [-0.39, 0.29) is 5.69 Å². The van der Waals surface area contributed by atoms with Gasteiger partial charge in [0, 0.05) is 6.07 Å². The van der Waals surface area contributed by atoms with Gasteiger partial charge in [-0.2, -0.15) is 0 Å². The summed E-state index contributed by atoms with van der Waals surface area (Å²) in [6, 6.07) is 6.40. The van der Waals surface area contributed by atoms with Crippen LogP contribution in [0.1, 0.15) is 32.1 Å². The highest BCUT2D eigenvalue weighted by molar-refractivity contribution is 5.37. The summed E-state index contributed by atoms with van der Waals surface area (Å²) in [5.41, 5.74) is 0.0890. The minimum absolute atomic E-state index is 0.0890. The molecule has 4 nitrogen and oxygen atoms in total. The number of benzene rings is 1. The van der Waals surface area contributed by atoms with Crippen molar-refractivity contribution in [2.75, 3.05) is 6.61 Å². The Morgan fingerprint density at radius 2 is 2.06 bits per heavy atom. The van der Waals surface area contributed by atoms with Gasteiger partial charge in [0.15, 0.2) is 0 Å². The molecule has 17 heavy (non-hydrogen) atoms. The van der Waals surface area contributed by atoms with Gasteiger partial charge in [-0.1, -0.05) is 25.3 Å². The second kappa shape index (κ2) is 5.66. The highest BCUT2D eigenvalue weighted by Gasteiger charge is 2.14. The fourth-order valence-electron chi connectivity index (χ4n) is 2.25. The van der Waals surface area contributed by atoms with Crippen LogP contribution in [-0.4, -0.2) is 11.5 Å². The summed E-state index contributed by atoms with van der Waals surface area (Å²) in [6.07, 6.45) is 6.32. The number of nitro groups is 1. The van der Waals surface area contributed by atoms with Gasteiger partial charge in [-0.25, -0.2) is 0 Å². The summed E-state index contributed by atoms with van der Waals surface area (Å²) in [5, 5.41) is 10.6. The predicted molar refractivity (Wildman–Crippen MR) is 65.2 cm³/mol. The molecule has 1 aliphatic rings. The van der Waals surface area contributed by atoms with Crippen LogP contribution in [0.25, 0.3) is 0 Å². The smallest absolute Gasteiger partial charge is 0.273 e. The van der Waals surface area contributed by atoms with Crippen LogP contribution < -0.4 is 4.74 Å². The Morgan fingerprint density at radius 3 is 2.76 bits per heavy atom. The van der Waals surface area contributed by atoms with Crippen LogP contribution in [0.15, 0.2) is 24.3 Å². The molecule has 0 spiro atoms. The average molecular weight is 235 g/mol. The third-order valence-corrected chi connectivity index (χ3v) is 3.24. The molecule has 0 saturated heterocycles. The standard InChI is InChI=1S/C13H17NO3/c15-14(16)12-7-4-8-13(9-12)17-10-11-5-2-1-3-6-11/h4,7-9,11H,1-3,5-6,10H2. The lowest BCUT2D eigenvalue weighted by molar-refractivity contribution is -0.384. The molecule has 2 rings (SSSR count). The van der Waals surface area contributed by atoms with Gasteiger partial charge in [0.1, 0.15) is 5.75 Å². The maximum Gasteiger partial charge on any atom is 0.273 e. The largest absolute Gasteiger partial charge is 0.493 e. The molecule has 0 aromatic heterocycles. The molecule has 0 radical (unpaired) electrons. The Hall–Kier alpha value is -1.58. The zero-order valence-corrected chi connectivity index (χ0v) is 9.80. The highest BCUT2D eigenvalue weighted by atomic mass is 16.6. The maximum absolute atomic E-state index is 10.6. The van der Waals surface area contributed by atoms with E-state index in [1.54, 1.807) is 12.1 Å². The average Bonchev–Trinajstić information content (AvgIpc) is 2.38. The van der Waals surface area contributed by atoms with Crippen molar-refractivity contribution in [3.8, 4) is 5.75 Å². The minimum Gasteiger partial charge on any atom is -0.493 e. The van der Waals surface area contributed by atoms with Crippen molar-refractivity contribution in [2.24, 2.45) is 5.92 Å². The van der Waals surface area contributed by atoms with E-state index in [9.17, 15) is 10.1 Å². The van der Waals surface area contributed by atoms with Gasteiger partial charge < -0.3 is 4.74 Å². The van der Waals surface area contributed by atoms with Gasteiger partial charge in [-0.15, -0.1) is 0 Å². The van der Waals surface area contributed by atoms with Gasteiger partial charge in [0.25, 0.3) is 5.69 Å². The quantitative estimate of drug-likeness (QED) is 0.592. The van der Waals surface area contributed by atoms with E-state index < -0.39 is 4.92 Å². The monoisotopic (exact) mass is 235 g/mol. The van der Waals surface area contributed by atoms with E-state index >= 15 is 0 Å². The molecule has 1 aromatic rings. The van der Waals surface area contributed by atoms with E-state index in [0.717, 1.165) is 0 Å². The topological polar surface area (TPSA) is 52.4 Å². The number of ether oxygens (including phenoxy) is 1. The molecule has 0 N–H and O–H groups in total. The molecule has 92 valence electrons. The third-order valence-electron chi connectivity index (χ3n) is 3.24. The highest BCUT2D eigenvalue weighted by Crippen LogP contribution is 2.25. The van der Waals surface area contributed by atoms with E-state index in [1.165, 1.54) is 44.2 Å². The van der Waals surface area contributed by atoms with Gasteiger partial charge in [-0.05, 0) is 24.8 Å². The Labute approximate surface area is 101 Å². The van der Waals surface area contributed by atoms with E-state index in [2.05, 4.69) is 0 Å². The first kappa shape index (κ1) is 11.9. The van der Waals surface area contributed by atoms with Crippen molar-refractivity contribution in [1.82, 2.24) is 0 Å². The number of hydrogen-bond donors (Lipinski definition) is 0. The third kappa shape index (κ3) is 3.44. The molecule has 1 aromatic carbocycles. The van der Waals surface area contributed by atoms with Crippen LogP contribution in [0.5, 0.6) is 5.75 Å². The molecule has 0 atom stereocenters. The minimum atomic E-state index is -0.395. The van der Waals surface area contributed by atoms with Crippen LogP contribution in [0.3, 0.4) is 0 Å². The number of non-ortho nitro benzene ring substituents is 1. The van der Waals surface area contributed by atoms with Crippen LogP contribution in [-0.2, 0) is 0 Å². The van der Waals surface area contributed by atoms with Gasteiger partial charge in [0.2, 0.25) is 0 Å². The zero-order valence-electron chi connectivity index (χ0n) is 9.80. The van der Waals surface area contributed by atoms with Crippen molar-refractivity contribution in [3.05, 3.63) is 34.4 Å². The lowest BCUT2D eigenvalue weighted by atomic mass is 9.90. The molecule has 0 heterocycles. The predicted octanol–water partition coefficient (Wildman–Crippen LogP) is 3.55. The Bertz CT molecular complexity index is 386. The van der Waals surface area contributed by atoms with Crippen LogP contribution in [0.2, 0.25) is 0 Å². The number of nitrogens with zero attached hydrogens (tertiary/aromatic N) is 1. The lowest BCUT2D eigenvalue weighted by Crippen LogP contribution is -2.15. The molecule has 1 aliphatic carbocycles. The summed E-state index contributed by atoms with van der Waals surface area (Å²) in [7, 11) is 0. The lowest BCUT2D eigenvalue weighted by Gasteiger charge is -2.21. The van der Waals surface area contributed by atoms with Crippen molar-refractivity contribution in [2.45, 2.75) is 32.1 Å². The molecule has 4 heteroatoms. The first-order valence-corrected chi connectivity index (χ1v) is 6.13. The molecule has 0 bridgehead atoms. The second-order valence-corrected chi connectivity index (χ2v) is 4.57. The molecular weight excluding hydrogens is 218 g/mol. The van der Waals surface area contributed by atoms with Crippen molar-refractivity contribution >= 4 is 5.69 Å². The Balaban J connectivity index is 1.89. The molecule has 1 saturated carbocycles. The summed E-state index contributed by atoms with van der Waals surface area (Å²) in [5.74, 6) is 1.22. The molecule has 0 aliphatic heterocycles. The van der Waals surface area contributed by atoms with Gasteiger partial charge >= 0.3 is 0 Å². The number of nitro benzene ring substituents is 1. The van der Waals surface area contributed by atoms with Crippen LogP contribution in [0, 0.1) is 16.0 Å². The van der Waals surface area contributed by atoms with Crippen molar-refractivity contribution in [1.29, 1.82) is 0 Å². The Morgan fingerprint density at radius 1 is 1.29 bits per heavy atom. The van der Waals surface area contributed by atoms with Crippen molar-refractivity contribution < 1.29 is 9.66 Å². The van der Waals surface area contributed by atoms with Crippen LogP contribution in [0.4, 0.5) is 5.69 Å².